The Labute approximate surface area is 130 Å². The van der Waals surface area contributed by atoms with Crippen LogP contribution in [0.1, 0.15) is 44.9 Å². The van der Waals surface area contributed by atoms with Gasteiger partial charge < -0.3 is 11.1 Å². The van der Waals surface area contributed by atoms with Gasteiger partial charge in [-0.25, -0.2) is 4.98 Å². The number of rotatable bonds is 3. The molecule has 3 N–H and O–H groups in total. The van der Waals surface area contributed by atoms with Crippen molar-refractivity contribution < 1.29 is 0 Å². The first-order chi connectivity index (χ1) is 10.1. The van der Waals surface area contributed by atoms with Crippen molar-refractivity contribution in [2.24, 2.45) is 11.8 Å². The van der Waals surface area contributed by atoms with Gasteiger partial charge in [0.05, 0.1) is 5.39 Å². The first-order valence-corrected chi connectivity index (χ1v) is 8.71. The van der Waals surface area contributed by atoms with Crippen LogP contribution in [0.15, 0.2) is 6.07 Å². The maximum atomic E-state index is 5.88. The highest BCUT2D eigenvalue weighted by Crippen LogP contribution is 2.34. The third-order valence-electron chi connectivity index (χ3n) is 4.56. The van der Waals surface area contributed by atoms with Crippen LogP contribution in [0.25, 0.3) is 10.2 Å². The second kappa shape index (κ2) is 5.79. The molecule has 0 saturated heterocycles. The van der Waals surface area contributed by atoms with Crippen molar-refractivity contribution in [1.82, 2.24) is 9.97 Å². The number of aryl methyl sites for hydroxylation is 1. The van der Waals surface area contributed by atoms with Gasteiger partial charge in [0.15, 0.2) is 0 Å². The van der Waals surface area contributed by atoms with Gasteiger partial charge in [-0.3, -0.25) is 0 Å². The molecule has 0 spiro atoms. The summed E-state index contributed by atoms with van der Waals surface area (Å²) >= 11 is 1.72. The van der Waals surface area contributed by atoms with Crippen LogP contribution in [0, 0.1) is 11.8 Å². The molecule has 1 saturated carbocycles. The van der Waals surface area contributed by atoms with Gasteiger partial charge in [-0.1, -0.05) is 20.8 Å². The second-order valence-electron chi connectivity index (χ2n) is 6.36. The SMILES string of the molecule is CCc1cc2c(NC3CCC(C)CC3C)nc(N)nc2s1. The highest BCUT2D eigenvalue weighted by atomic mass is 32.1. The molecule has 3 unspecified atom stereocenters. The Bertz CT molecular complexity index is 636. The normalized spacial score (nSPS) is 26.1. The maximum Gasteiger partial charge on any atom is 0.223 e. The molecule has 3 atom stereocenters. The van der Waals surface area contributed by atoms with E-state index in [-0.39, 0.29) is 0 Å². The molecule has 2 aromatic rings. The summed E-state index contributed by atoms with van der Waals surface area (Å²) in [7, 11) is 0. The number of aromatic nitrogens is 2. The Morgan fingerprint density at radius 2 is 2.14 bits per heavy atom. The van der Waals surface area contributed by atoms with Crippen molar-refractivity contribution in [2.75, 3.05) is 11.1 Å². The molecule has 21 heavy (non-hydrogen) atoms. The number of nitrogens with zero attached hydrogens (tertiary/aromatic N) is 2. The maximum absolute atomic E-state index is 5.88. The molecule has 0 bridgehead atoms. The predicted octanol–water partition coefficient (Wildman–Crippen LogP) is 4.07. The molecule has 1 aliphatic rings. The molecule has 0 amide bonds. The molecule has 114 valence electrons. The Balaban J connectivity index is 1.90. The van der Waals surface area contributed by atoms with Crippen LogP contribution in [0.3, 0.4) is 0 Å². The van der Waals surface area contributed by atoms with E-state index in [2.05, 4.69) is 42.1 Å². The lowest BCUT2D eigenvalue weighted by molar-refractivity contribution is 0.276. The summed E-state index contributed by atoms with van der Waals surface area (Å²) in [4.78, 5) is 11.2. The Hall–Kier alpha value is -1.36. The number of thiophene rings is 1. The van der Waals surface area contributed by atoms with E-state index in [1.54, 1.807) is 11.3 Å². The zero-order valence-electron chi connectivity index (χ0n) is 13.0. The van der Waals surface area contributed by atoms with Gasteiger partial charge in [0, 0.05) is 10.9 Å². The average Bonchev–Trinajstić information content (AvgIpc) is 2.85. The van der Waals surface area contributed by atoms with Gasteiger partial charge >= 0.3 is 0 Å². The Morgan fingerprint density at radius 1 is 1.33 bits per heavy atom. The van der Waals surface area contributed by atoms with E-state index in [0.717, 1.165) is 28.4 Å². The third-order valence-corrected chi connectivity index (χ3v) is 5.74. The first-order valence-electron chi connectivity index (χ1n) is 7.89. The van der Waals surface area contributed by atoms with Crippen LogP contribution in [0.2, 0.25) is 0 Å². The van der Waals surface area contributed by atoms with E-state index in [9.17, 15) is 0 Å². The summed E-state index contributed by atoms with van der Waals surface area (Å²) in [5.74, 6) is 2.79. The number of fused-ring (bicyclic) bond motifs is 1. The highest BCUT2D eigenvalue weighted by Gasteiger charge is 2.26. The molecule has 1 aliphatic carbocycles. The summed E-state index contributed by atoms with van der Waals surface area (Å²) in [6.07, 6.45) is 4.80. The van der Waals surface area contributed by atoms with E-state index in [4.69, 9.17) is 5.73 Å². The van der Waals surface area contributed by atoms with Crippen molar-refractivity contribution in [1.29, 1.82) is 0 Å². The van der Waals surface area contributed by atoms with Crippen LogP contribution in [-0.2, 0) is 6.42 Å². The van der Waals surface area contributed by atoms with Crippen molar-refractivity contribution in [3.8, 4) is 0 Å². The summed E-state index contributed by atoms with van der Waals surface area (Å²) in [6, 6.07) is 2.70. The fourth-order valence-electron chi connectivity index (χ4n) is 3.33. The van der Waals surface area contributed by atoms with Crippen molar-refractivity contribution in [2.45, 2.75) is 52.5 Å². The van der Waals surface area contributed by atoms with E-state index < -0.39 is 0 Å². The lowest BCUT2D eigenvalue weighted by Crippen LogP contribution is -2.33. The number of nitrogens with two attached hydrogens (primary N) is 1. The quantitative estimate of drug-likeness (QED) is 0.897. The van der Waals surface area contributed by atoms with Crippen molar-refractivity contribution >= 4 is 33.3 Å². The van der Waals surface area contributed by atoms with Crippen molar-refractivity contribution in [3.05, 3.63) is 10.9 Å². The van der Waals surface area contributed by atoms with Gasteiger partial charge in [0.2, 0.25) is 5.95 Å². The van der Waals surface area contributed by atoms with Crippen LogP contribution >= 0.6 is 11.3 Å². The minimum absolute atomic E-state index is 0.367. The van der Waals surface area contributed by atoms with E-state index in [1.807, 2.05) is 0 Å². The van der Waals surface area contributed by atoms with Gasteiger partial charge in [0.25, 0.3) is 0 Å². The molecule has 4 nitrogen and oxygen atoms in total. The van der Waals surface area contributed by atoms with E-state index in [1.165, 1.54) is 24.1 Å². The molecule has 2 heterocycles. The van der Waals surface area contributed by atoms with Gasteiger partial charge in [-0.2, -0.15) is 4.98 Å². The van der Waals surface area contributed by atoms with Gasteiger partial charge in [-0.15, -0.1) is 11.3 Å². The lowest BCUT2D eigenvalue weighted by atomic mass is 9.80. The Kier molecular flexibility index (Phi) is 4.02. The fourth-order valence-corrected chi connectivity index (χ4v) is 4.30. The molecule has 0 radical (unpaired) electrons. The molecule has 1 fully saturated rings. The standard InChI is InChI=1S/C16H24N4S/c1-4-11-8-12-14(19-16(17)20-15(12)21-11)18-13-6-5-9(2)7-10(13)3/h8-10,13H,4-7H2,1-3H3,(H3,17,18,19,20). The topological polar surface area (TPSA) is 63.8 Å². The number of hydrogen-bond donors (Lipinski definition) is 2. The largest absolute Gasteiger partial charge is 0.368 e. The zero-order valence-corrected chi connectivity index (χ0v) is 13.8. The average molecular weight is 304 g/mol. The molecule has 2 aromatic heterocycles. The molecular formula is C16H24N4S. The smallest absolute Gasteiger partial charge is 0.223 e. The van der Waals surface area contributed by atoms with Crippen LogP contribution < -0.4 is 11.1 Å². The van der Waals surface area contributed by atoms with Crippen molar-refractivity contribution in [3.63, 3.8) is 0 Å². The zero-order chi connectivity index (χ0) is 15.0. The predicted molar refractivity (Wildman–Crippen MR) is 90.8 cm³/mol. The second-order valence-corrected chi connectivity index (χ2v) is 7.48. The van der Waals surface area contributed by atoms with E-state index in [0.29, 0.717) is 17.9 Å². The van der Waals surface area contributed by atoms with Crippen LogP contribution in [0.5, 0.6) is 0 Å². The molecular weight excluding hydrogens is 280 g/mol. The molecule has 5 heteroatoms. The number of nitrogens with one attached hydrogen (secondary N) is 1. The lowest BCUT2D eigenvalue weighted by Gasteiger charge is -2.33. The Morgan fingerprint density at radius 3 is 2.86 bits per heavy atom. The summed E-state index contributed by atoms with van der Waals surface area (Å²) in [6.45, 7) is 6.85. The van der Waals surface area contributed by atoms with Crippen LogP contribution in [-0.4, -0.2) is 16.0 Å². The molecule has 0 aromatic carbocycles. The number of anilines is 2. The van der Waals surface area contributed by atoms with Crippen LogP contribution in [0.4, 0.5) is 11.8 Å². The van der Waals surface area contributed by atoms with Gasteiger partial charge in [0.1, 0.15) is 10.6 Å². The fraction of sp³-hybridized carbons (Fsp3) is 0.625. The third kappa shape index (κ3) is 2.98. The van der Waals surface area contributed by atoms with Gasteiger partial charge in [-0.05, 0) is 43.6 Å². The number of hydrogen-bond acceptors (Lipinski definition) is 5. The monoisotopic (exact) mass is 304 g/mol. The summed E-state index contributed by atoms with van der Waals surface area (Å²) in [5, 5.41) is 4.77. The highest BCUT2D eigenvalue weighted by molar-refractivity contribution is 7.18. The molecule has 3 rings (SSSR count). The minimum Gasteiger partial charge on any atom is -0.368 e. The number of nitrogen functional groups attached to an aromatic ring is 1. The minimum atomic E-state index is 0.367. The van der Waals surface area contributed by atoms with E-state index >= 15 is 0 Å². The first kappa shape index (κ1) is 14.6. The summed E-state index contributed by atoms with van der Waals surface area (Å²) < 4.78 is 0. The molecule has 0 aliphatic heterocycles. The summed E-state index contributed by atoms with van der Waals surface area (Å²) in [5.41, 5.74) is 5.88.